The summed E-state index contributed by atoms with van der Waals surface area (Å²) in [5.41, 5.74) is 0.756. The quantitative estimate of drug-likeness (QED) is 0.505. The molecule has 0 atom stereocenters. The number of hydrogen-bond acceptors (Lipinski definition) is 5. The molecule has 4 rings (SSSR count). The second-order valence-corrected chi connectivity index (χ2v) is 7.34. The number of aromatic nitrogens is 3. The number of benzene rings is 1. The number of nitrogens with zero attached hydrogens (tertiary/aromatic N) is 3. The van der Waals surface area contributed by atoms with Crippen LogP contribution in [-0.2, 0) is 6.54 Å². The van der Waals surface area contributed by atoms with Crippen molar-refractivity contribution in [3.63, 3.8) is 0 Å². The van der Waals surface area contributed by atoms with E-state index in [-0.39, 0.29) is 17.2 Å². The number of nitrogens with one attached hydrogen (secondary N) is 1. The lowest BCUT2D eigenvalue weighted by atomic mass is 10.2. The highest BCUT2D eigenvalue weighted by molar-refractivity contribution is 7.14. The SMILES string of the molecule is O=C(Nc1nc(-c2cc(F)ccn2)cs1)c1ccn(Cc2ccc(F)c(F)c2)c(=O)c1. The molecule has 0 saturated heterocycles. The fourth-order valence-corrected chi connectivity index (χ4v) is 3.48. The van der Waals surface area contributed by atoms with Crippen molar-refractivity contribution in [2.75, 3.05) is 5.32 Å². The maximum atomic E-state index is 13.3. The predicted octanol–water partition coefficient (Wildman–Crippen LogP) is 4.08. The van der Waals surface area contributed by atoms with Crippen LogP contribution in [0.5, 0.6) is 0 Å². The van der Waals surface area contributed by atoms with E-state index in [0.717, 1.165) is 29.5 Å². The molecular formula is C21H13F3N4O2S. The van der Waals surface area contributed by atoms with Crippen LogP contribution in [0.4, 0.5) is 18.3 Å². The summed E-state index contributed by atoms with van der Waals surface area (Å²) in [6.45, 7) is 0.0222. The van der Waals surface area contributed by atoms with Crippen molar-refractivity contribution in [2.45, 2.75) is 6.54 Å². The Bertz CT molecular complexity index is 1340. The molecule has 0 fully saturated rings. The van der Waals surface area contributed by atoms with Crippen LogP contribution in [0.1, 0.15) is 15.9 Å². The topological polar surface area (TPSA) is 76.9 Å². The van der Waals surface area contributed by atoms with E-state index in [1.54, 1.807) is 5.38 Å². The van der Waals surface area contributed by atoms with Crippen LogP contribution in [0.15, 0.2) is 65.0 Å². The molecule has 31 heavy (non-hydrogen) atoms. The largest absolute Gasteiger partial charge is 0.311 e. The van der Waals surface area contributed by atoms with E-state index in [1.165, 1.54) is 41.2 Å². The summed E-state index contributed by atoms with van der Waals surface area (Å²) >= 11 is 1.13. The van der Waals surface area contributed by atoms with Crippen LogP contribution in [0.3, 0.4) is 0 Å². The highest BCUT2D eigenvalue weighted by Gasteiger charge is 2.13. The Kier molecular flexibility index (Phi) is 5.63. The summed E-state index contributed by atoms with van der Waals surface area (Å²) in [7, 11) is 0. The third-order valence-electron chi connectivity index (χ3n) is 4.30. The molecule has 0 radical (unpaired) electrons. The van der Waals surface area contributed by atoms with Gasteiger partial charge in [0.15, 0.2) is 16.8 Å². The molecule has 4 aromatic rings. The number of carbonyl (C=O) groups is 1. The zero-order valence-electron chi connectivity index (χ0n) is 15.7. The Morgan fingerprint density at radius 1 is 1.03 bits per heavy atom. The lowest BCUT2D eigenvalue weighted by Gasteiger charge is -2.08. The van der Waals surface area contributed by atoms with Gasteiger partial charge >= 0.3 is 0 Å². The number of carbonyl (C=O) groups excluding carboxylic acids is 1. The van der Waals surface area contributed by atoms with Crippen molar-refractivity contribution in [3.8, 4) is 11.4 Å². The highest BCUT2D eigenvalue weighted by Crippen LogP contribution is 2.24. The maximum Gasteiger partial charge on any atom is 0.257 e. The van der Waals surface area contributed by atoms with Crippen molar-refractivity contribution in [2.24, 2.45) is 0 Å². The van der Waals surface area contributed by atoms with Crippen molar-refractivity contribution in [3.05, 3.63) is 99.2 Å². The van der Waals surface area contributed by atoms with Crippen LogP contribution in [0.2, 0.25) is 0 Å². The minimum Gasteiger partial charge on any atom is -0.311 e. The molecular weight excluding hydrogens is 429 g/mol. The number of rotatable bonds is 5. The number of hydrogen-bond donors (Lipinski definition) is 1. The van der Waals surface area contributed by atoms with Crippen molar-refractivity contribution >= 4 is 22.4 Å². The van der Waals surface area contributed by atoms with Gasteiger partial charge in [0.1, 0.15) is 11.5 Å². The van der Waals surface area contributed by atoms with E-state index in [1.807, 2.05) is 0 Å². The van der Waals surface area contributed by atoms with Gasteiger partial charge in [-0.3, -0.25) is 19.9 Å². The number of pyridine rings is 2. The molecule has 6 nitrogen and oxygen atoms in total. The van der Waals surface area contributed by atoms with E-state index in [4.69, 9.17) is 0 Å². The molecule has 0 unspecified atom stereocenters. The Balaban J connectivity index is 1.47. The highest BCUT2D eigenvalue weighted by atomic mass is 32.1. The van der Waals surface area contributed by atoms with Gasteiger partial charge in [0.2, 0.25) is 0 Å². The number of halogens is 3. The lowest BCUT2D eigenvalue weighted by Crippen LogP contribution is -2.22. The first kappa shape index (κ1) is 20.5. The molecule has 0 aliphatic heterocycles. The Morgan fingerprint density at radius 2 is 1.87 bits per heavy atom. The standard InChI is InChI=1S/C21H13F3N4O2S/c22-14-3-5-25-17(9-14)18-11-31-21(26-18)27-20(30)13-4-6-28(19(29)8-13)10-12-1-2-15(23)16(24)7-12/h1-9,11H,10H2,(H,26,27,30). The fourth-order valence-electron chi connectivity index (χ4n) is 2.78. The van der Waals surface area contributed by atoms with E-state index in [0.29, 0.717) is 17.0 Å². The zero-order chi connectivity index (χ0) is 22.0. The molecule has 1 amide bonds. The van der Waals surface area contributed by atoms with Gasteiger partial charge in [-0.25, -0.2) is 18.2 Å². The minimum absolute atomic E-state index is 0.0222. The van der Waals surface area contributed by atoms with Gasteiger partial charge in [0.05, 0.1) is 12.2 Å². The number of amides is 1. The van der Waals surface area contributed by atoms with Crippen LogP contribution in [0, 0.1) is 17.5 Å². The molecule has 0 bridgehead atoms. The molecule has 156 valence electrons. The second kappa shape index (κ2) is 8.52. The van der Waals surface area contributed by atoms with Gasteiger partial charge in [-0.05, 0) is 29.8 Å². The molecule has 0 saturated carbocycles. The average Bonchev–Trinajstić information content (AvgIpc) is 3.20. The van der Waals surface area contributed by atoms with Gasteiger partial charge in [-0.15, -0.1) is 11.3 Å². The van der Waals surface area contributed by atoms with Crippen LogP contribution in [0.25, 0.3) is 11.4 Å². The fraction of sp³-hybridized carbons (Fsp3) is 0.0476. The molecule has 3 aromatic heterocycles. The smallest absolute Gasteiger partial charge is 0.257 e. The van der Waals surface area contributed by atoms with Gasteiger partial charge in [-0.1, -0.05) is 6.07 Å². The first-order chi connectivity index (χ1) is 14.9. The summed E-state index contributed by atoms with van der Waals surface area (Å²) < 4.78 is 41.0. The van der Waals surface area contributed by atoms with Crippen LogP contribution in [-0.4, -0.2) is 20.4 Å². The molecule has 0 aliphatic rings. The van der Waals surface area contributed by atoms with Gasteiger partial charge < -0.3 is 4.57 Å². The normalized spacial score (nSPS) is 10.8. The van der Waals surface area contributed by atoms with Gasteiger partial charge in [0.25, 0.3) is 11.5 Å². The minimum atomic E-state index is -1.00. The molecule has 3 heterocycles. The summed E-state index contributed by atoms with van der Waals surface area (Å²) in [5.74, 6) is -2.97. The van der Waals surface area contributed by atoms with Crippen LogP contribution < -0.4 is 10.9 Å². The summed E-state index contributed by atoms with van der Waals surface area (Å²) in [4.78, 5) is 33.0. The third kappa shape index (κ3) is 4.69. The number of thiazole rings is 1. The predicted molar refractivity (Wildman–Crippen MR) is 109 cm³/mol. The van der Waals surface area contributed by atoms with Crippen molar-refractivity contribution < 1.29 is 18.0 Å². The summed E-state index contributed by atoms with van der Waals surface area (Å²) in [5, 5.41) is 4.46. The third-order valence-corrected chi connectivity index (χ3v) is 5.06. The Hall–Kier alpha value is -3.79. The first-order valence-corrected chi connectivity index (χ1v) is 9.80. The molecule has 0 aliphatic carbocycles. The zero-order valence-corrected chi connectivity index (χ0v) is 16.5. The van der Waals surface area contributed by atoms with Gasteiger partial charge in [0, 0.05) is 35.5 Å². The summed E-state index contributed by atoms with van der Waals surface area (Å²) in [6, 6.07) is 8.38. The molecule has 0 spiro atoms. The molecule has 1 N–H and O–H groups in total. The maximum absolute atomic E-state index is 13.3. The van der Waals surface area contributed by atoms with Crippen LogP contribution >= 0.6 is 11.3 Å². The first-order valence-electron chi connectivity index (χ1n) is 8.92. The number of anilines is 1. The Labute approximate surface area is 177 Å². The van der Waals surface area contributed by atoms with E-state index in [2.05, 4.69) is 15.3 Å². The average molecular weight is 442 g/mol. The van der Waals surface area contributed by atoms with E-state index < -0.39 is 28.9 Å². The van der Waals surface area contributed by atoms with Gasteiger partial charge in [-0.2, -0.15) is 0 Å². The monoisotopic (exact) mass is 442 g/mol. The summed E-state index contributed by atoms with van der Waals surface area (Å²) in [6.07, 6.45) is 2.71. The molecule has 1 aromatic carbocycles. The van der Waals surface area contributed by atoms with Crippen molar-refractivity contribution in [1.82, 2.24) is 14.5 Å². The van der Waals surface area contributed by atoms with Crippen molar-refractivity contribution in [1.29, 1.82) is 0 Å². The Morgan fingerprint density at radius 3 is 2.61 bits per heavy atom. The second-order valence-electron chi connectivity index (χ2n) is 6.48. The molecule has 10 heteroatoms. The van der Waals surface area contributed by atoms with E-state index >= 15 is 0 Å². The van der Waals surface area contributed by atoms with E-state index in [9.17, 15) is 22.8 Å². The lowest BCUT2D eigenvalue weighted by molar-refractivity contribution is 0.102.